The summed E-state index contributed by atoms with van der Waals surface area (Å²) in [7, 11) is 0. The molecule has 0 saturated heterocycles. The molecule has 2 aromatic carbocycles. The molecule has 3 unspecified atom stereocenters. The van der Waals surface area contributed by atoms with Gasteiger partial charge in [0.05, 0.1) is 17.4 Å². The molecule has 0 heterocycles. The number of rotatable bonds is 8. The minimum Gasteiger partial charge on any atom is -0.481 e. The highest BCUT2D eigenvalue weighted by Crippen LogP contribution is 2.49. The van der Waals surface area contributed by atoms with E-state index < -0.39 is 23.2 Å². The number of allylic oxidation sites excluding steroid dienone is 1. The van der Waals surface area contributed by atoms with Crippen LogP contribution in [0.3, 0.4) is 0 Å². The summed E-state index contributed by atoms with van der Waals surface area (Å²) in [6.45, 7) is 5.29. The zero-order valence-electron chi connectivity index (χ0n) is 16.5. The Hall–Kier alpha value is -2.48. The quantitative estimate of drug-likeness (QED) is 0.500. The zero-order valence-corrected chi connectivity index (χ0v) is 18.0. The summed E-state index contributed by atoms with van der Waals surface area (Å²) in [5, 5.41) is 20.3. The number of carboxylic acids is 1. The normalized spacial score (nSPS) is 14.9. The first kappa shape index (κ1) is 22.8. The minimum atomic E-state index is -1.44. The van der Waals surface area contributed by atoms with Gasteiger partial charge in [-0.05, 0) is 41.7 Å². The van der Waals surface area contributed by atoms with Gasteiger partial charge in [0, 0.05) is 0 Å². The molecule has 0 radical (unpaired) electrons. The number of hydrogen-bond acceptors (Lipinski definition) is 3. The summed E-state index contributed by atoms with van der Waals surface area (Å²) in [4.78, 5) is 12.5. The van der Waals surface area contributed by atoms with Crippen LogP contribution in [0.5, 0.6) is 11.5 Å². The third-order valence-corrected chi connectivity index (χ3v) is 5.48. The van der Waals surface area contributed by atoms with Crippen LogP contribution in [0.2, 0.25) is 0 Å². The molecule has 0 aromatic heterocycles. The monoisotopic (exact) mass is 431 g/mol. The molecule has 0 bridgehead atoms. The second-order valence-corrected chi connectivity index (χ2v) is 8.20. The van der Waals surface area contributed by atoms with Crippen LogP contribution in [0.15, 0.2) is 65.2 Å². The van der Waals surface area contributed by atoms with Gasteiger partial charge in [0.2, 0.25) is 0 Å². The fourth-order valence-electron chi connectivity index (χ4n) is 3.85. The van der Waals surface area contributed by atoms with Crippen molar-refractivity contribution in [1.29, 1.82) is 5.26 Å². The van der Waals surface area contributed by atoms with E-state index in [1.165, 1.54) is 6.08 Å². The maximum absolute atomic E-state index is 12.5. The van der Waals surface area contributed by atoms with Gasteiger partial charge in [-0.3, -0.25) is 4.79 Å². The fourth-order valence-corrected chi connectivity index (χ4v) is 4.23. The molecule has 2 rings (SSSR count). The molecule has 29 heavy (non-hydrogen) atoms. The highest BCUT2D eigenvalue weighted by Gasteiger charge is 2.53. The van der Waals surface area contributed by atoms with Crippen molar-refractivity contribution in [3.05, 3.63) is 70.7 Å². The number of carbonyl (C=O) groups is 1. The van der Waals surface area contributed by atoms with Crippen LogP contribution in [0.1, 0.15) is 32.3 Å². The van der Waals surface area contributed by atoms with E-state index in [-0.39, 0.29) is 10.4 Å². The molecule has 0 amide bonds. The second-order valence-electron chi connectivity index (χ2n) is 7.19. The van der Waals surface area contributed by atoms with Crippen molar-refractivity contribution in [2.75, 3.05) is 0 Å². The lowest BCUT2D eigenvalue weighted by molar-refractivity contribution is -0.155. The molecule has 0 aliphatic rings. The highest BCUT2D eigenvalue weighted by molar-refractivity contribution is 6.55. The van der Waals surface area contributed by atoms with Gasteiger partial charge in [-0.1, -0.05) is 80.4 Å². The second kappa shape index (κ2) is 9.82. The van der Waals surface area contributed by atoms with Crippen LogP contribution >= 0.6 is 23.2 Å². The highest BCUT2D eigenvalue weighted by atomic mass is 35.5. The van der Waals surface area contributed by atoms with E-state index in [1.54, 1.807) is 45.0 Å². The van der Waals surface area contributed by atoms with E-state index in [9.17, 15) is 15.2 Å². The number of aliphatic carboxylic acids is 1. The van der Waals surface area contributed by atoms with Crippen LogP contribution in [-0.4, -0.2) is 11.1 Å². The molecule has 6 heteroatoms. The maximum Gasteiger partial charge on any atom is 0.312 e. The van der Waals surface area contributed by atoms with Gasteiger partial charge in [-0.25, -0.2) is 0 Å². The maximum atomic E-state index is 12.5. The van der Waals surface area contributed by atoms with Crippen LogP contribution in [0.25, 0.3) is 0 Å². The summed E-state index contributed by atoms with van der Waals surface area (Å²) in [6, 6.07) is 18.4. The predicted octanol–water partition coefficient (Wildman–Crippen LogP) is 6.77. The lowest BCUT2D eigenvalue weighted by atomic mass is 9.59. The number of nitrogens with zero attached hydrogens (tertiary/aromatic N) is 1. The van der Waals surface area contributed by atoms with Crippen molar-refractivity contribution in [2.45, 2.75) is 26.7 Å². The molecule has 2 aromatic rings. The van der Waals surface area contributed by atoms with Gasteiger partial charge < -0.3 is 9.84 Å². The molecule has 0 spiro atoms. The Morgan fingerprint density at radius 1 is 1.10 bits per heavy atom. The lowest BCUT2D eigenvalue weighted by Gasteiger charge is -2.41. The minimum absolute atomic E-state index is 0.0263. The Morgan fingerprint density at radius 3 is 2.24 bits per heavy atom. The standard InChI is InChI=1S/C23H23Cl2NO3/c1-15(2)23(22(27)28,16(3)12-21(24)25)20(14-26)17-8-7-11-19(13-17)29-18-9-5-4-6-10-18/h4-13,15-16,20H,1-3H3,(H,27,28). The predicted molar refractivity (Wildman–Crippen MR) is 115 cm³/mol. The Labute approximate surface area is 181 Å². The van der Waals surface area contributed by atoms with Gasteiger partial charge in [-0.15, -0.1) is 0 Å². The first-order valence-electron chi connectivity index (χ1n) is 9.22. The largest absolute Gasteiger partial charge is 0.481 e. The summed E-state index contributed by atoms with van der Waals surface area (Å²) in [5.74, 6) is -1.81. The van der Waals surface area contributed by atoms with E-state index in [4.69, 9.17) is 27.9 Å². The molecule has 4 nitrogen and oxygen atoms in total. The molecule has 0 aliphatic carbocycles. The van der Waals surface area contributed by atoms with Crippen molar-refractivity contribution in [3.8, 4) is 17.6 Å². The molecule has 1 N–H and O–H groups in total. The number of ether oxygens (including phenoxy) is 1. The SMILES string of the molecule is CC(C)C(C(=O)O)(C(C)C=C(Cl)Cl)C(C#N)c1cccc(Oc2ccccc2)c1. The number of nitriles is 1. The molecular formula is C23H23Cl2NO3. The van der Waals surface area contributed by atoms with Crippen molar-refractivity contribution in [1.82, 2.24) is 0 Å². The fraction of sp³-hybridized carbons (Fsp3) is 0.304. The topological polar surface area (TPSA) is 70.3 Å². The number of benzene rings is 2. The Morgan fingerprint density at radius 2 is 1.72 bits per heavy atom. The summed E-state index contributed by atoms with van der Waals surface area (Å²) in [5.41, 5.74) is -0.877. The van der Waals surface area contributed by atoms with E-state index in [2.05, 4.69) is 6.07 Å². The van der Waals surface area contributed by atoms with Crippen LogP contribution in [-0.2, 0) is 4.79 Å². The molecular weight excluding hydrogens is 409 g/mol. The van der Waals surface area contributed by atoms with Gasteiger partial charge in [0.25, 0.3) is 0 Å². The Bertz CT molecular complexity index is 917. The van der Waals surface area contributed by atoms with Gasteiger partial charge in [0.1, 0.15) is 16.0 Å². The first-order chi connectivity index (χ1) is 13.7. The number of halogens is 2. The van der Waals surface area contributed by atoms with Gasteiger partial charge in [0.15, 0.2) is 0 Å². The van der Waals surface area contributed by atoms with E-state index in [0.29, 0.717) is 17.1 Å². The van der Waals surface area contributed by atoms with Crippen molar-refractivity contribution >= 4 is 29.2 Å². The Kier molecular flexibility index (Phi) is 7.73. The zero-order chi connectivity index (χ0) is 21.6. The molecule has 3 atom stereocenters. The summed E-state index contributed by atoms with van der Waals surface area (Å²) >= 11 is 11.7. The van der Waals surface area contributed by atoms with E-state index >= 15 is 0 Å². The first-order valence-corrected chi connectivity index (χ1v) is 9.97. The molecule has 0 saturated carbocycles. The summed E-state index contributed by atoms with van der Waals surface area (Å²) < 4.78 is 5.84. The number of para-hydroxylation sites is 1. The van der Waals surface area contributed by atoms with E-state index in [0.717, 1.165) is 0 Å². The van der Waals surface area contributed by atoms with Crippen LogP contribution in [0.4, 0.5) is 0 Å². The average molecular weight is 432 g/mol. The van der Waals surface area contributed by atoms with Gasteiger partial charge >= 0.3 is 5.97 Å². The molecule has 0 fully saturated rings. The average Bonchev–Trinajstić information content (AvgIpc) is 2.65. The third-order valence-electron chi connectivity index (χ3n) is 5.23. The number of carboxylic acid groups (broad SMARTS) is 1. The van der Waals surface area contributed by atoms with Gasteiger partial charge in [-0.2, -0.15) is 5.26 Å². The molecule has 0 aliphatic heterocycles. The van der Waals surface area contributed by atoms with Crippen LogP contribution in [0, 0.1) is 28.6 Å². The van der Waals surface area contributed by atoms with E-state index in [1.807, 2.05) is 30.3 Å². The lowest BCUT2D eigenvalue weighted by Crippen LogP contribution is -2.46. The van der Waals surface area contributed by atoms with Crippen molar-refractivity contribution in [2.24, 2.45) is 17.3 Å². The third kappa shape index (κ3) is 4.93. The van der Waals surface area contributed by atoms with Crippen molar-refractivity contribution in [3.63, 3.8) is 0 Å². The Balaban J connectivity index is 2.56. The number of hydrogen-bond donors (Lipinski definition) is 1. The smallest absolute Gasteiger partial charge is 0.312 e. The summed E-state index contributed by atoms with van der Waals surface area (Å²) in [6.07, 6.45) is 1.48. The van der Waals surface area contributed by atoms with Crippen LogP contribution < -0.4 is 4.74 Å². The van der Waals surface area contributed by atoms with Crippen molar-refractivity contribution < 1.29 is 14.6 Å². The molecule has 152 valence electrons.